The minimum atomic E-state index is -1.19. The molecule has 1 rings (SSSR count). The van der Waals surface area contributed by atoms with Gasteiger partial charge in [0.1, 0.15) is 5.75 Å². The molecular weight excluding hydrogens is 277 g/mol. The van der Waals surface area contributed by atoms with E-state index in [-0.39, 0.29) is 5.97 Å². The molecule has 6 heteroatoms. The fourth-order valence-corrected chi connectivity index (χ4v) is 2.84. The van der Waals surface area contributed by atoms with E-state index in [9.17, 15) is 4.79 Å². The third-order valence-electron chi connectivity index (χ3n) is 2.39. The Kier molecular flexibility index (Phi) is 8.19. The van der Waals surface area contributed by atoms with Crippen LogP contribution in [0.2, 0.25) is 0 Å². The topological polar surface area (TPSA) is 56.8 Å². The first-order valence-corrected chi connectivity index (χ1v) is 8.02. The summed E-state index contributed by atoms with van der Waals surface area (Å²) in [6.45, 7) is 4.56. The molecule has 0 amide bonds. The quantitative estimate of drug-likeness (QED) is 0.561. The molecule has 0 bridgehead atoms. The number of hydrogen-bond acceptors (Lipinski definition) is 5. The summed E-state index contributed by atoms with van der Waals surface area (Å²) in [5, 5.41) is 3.05. The molecule has 112 valence electrons. The van der Waals surface area contributed by atoms with Crippen molar-refractivity contribution in [3.05, 3.63) is 30.3 Å². The zero-order valence-corrected chi connectivity index (χ0v) is 13.1. The third kappa shape index (κ3) is 6.33. The maximum absolute atomic E-state index is 11.6. The van der Waals surface area contributed by atoms with Gasteiger partial charge in [-0.05, 0) is 33.0 Å². The predicted molar refractivity (Wildman–Crippen MR) is 80.0 cm³/mol. The normalized spacial score (nSPS) is 13.6. The first kappa shape index (κ1) is 16.9. The number of hydrogen-bond donors (Lipinski definition) is 1. The van der Waals surface area contributed by atoms with Gasteiger partial charge in [0, 0.05) is 12.7 Å². The number of esters is 1. The Balaban J connectivity index is 2.57. The predicted octanol–water partition coefficient (Wildman–Crippen LogP) is 2.56. The summed E-state index contributed by atoms with van der Waals surface area (Å²) in [7, 11) is 0.677. The van der Waals surface area contributed by atoms with Gasteiger partial charge in [0.05, 0.1) is 6.61 Å². The van der Waals surface area contributed by atoms with Crippen LogP contribution in [0.25, 0.3) is 0 Å². The number of para-hydroxylation sites is 1. The van der Waals surface area contributed by atoms with E-state index >= 15 is 0 Å². The number of benzene rings is 1. The molecular formula is C14H22NO4P. The van der Waals surface area contributed by atoms with Crippen molar-refractivity contribution in [1.29, 1.82) is 0 Å². The largest absolute Gasteiger partial charge is 0.464 e. The Bertz CT molecular complexity index is 388. The van der Waals surface area contributed by atoms with Crippen LogP contribution in [-0.4, -0.2) is 38.4 Å². The molecule has 2 atom stereocenters. The molecule has 0 spiro atoms. The monoisotopic (exact) mass is 299 g/mol. The first-order chi connectivity index (χ1) is 9.67. The van der Waals surface area contributed by atoms with Crippen molar-refractivity contribution >= 4 is 14.3 Å². The highest BCUT2D eigenvalue weighted by molar-refractivity contribution is 7.47. The summed E-state index contributed by atoms with van der Waals surface area (Å²) in [5.74, 6) is 0.381. The first-order valence-electron chi connectivity index (χ1n) is 6.66. The molecule has 1 aromatic carbocycles. The van der Waals surface area contributed by atoms with Crippen LogP contribution in [0.15, 0.2) is 30.3 Å². The number of carbonyl (C=O) groups excluding carboxylic acids is 1. The Labute approximate surface area is 121 Å². The summed E-state index contributed by atoms with van der Waals surface area (Å²) in [4.78, 5) is 11.6. The summed E-state index contributed by atoms with van der Waals surface area (Å²) in [6, 6.07) is 9.45. The fourth-order valence-electron chi connectivity index (χ4n) is 1.40. The van der Waals surface area contributed by atoms with Crippen molar-refractivity contribution in [3.8, 4) is 5.75 Å². The van der Waals surface area contributed by atoms with Gasteiger partial charge in [-0.2, -0.15) is 0 Å². The summed E-state index contributed by atoms with van der Waals surface area (Å²) < 4.78 is 16.4. The van der Waals surface area contributed by atoms with E-state index in [1.165, 1.54) is 0 Å². The molecule has 0 aliphatic heterocycles. The van der Waals surface area contributed by atoms with Crippen LogP contribution >= 0.6 is 8.38 Å². The van der Waals surface area contributed by atoms with E-state index in [1.54, 1.807) is 13.8 Å². The highest BCUT2D eigenvalue weighted by Gasteiger charge is 2.22. The second-order valence-electron chi connectivity index (χ2n) is 4.06. The molecule has 0 aliphatic carbocycles. The molecule has 1 N–H and O–H groups in total. The minimum absolute atomic E-state index is 0.348. The minimum Gasteiger partial charge on any atom is -0.464 e. The lowest BCUT2D eigenvalue weighted by Crippen LogP contribution is -2.24. The highest BCUT2D eigenvalue weighted by Crippen LogP contribution is 2.40. The number of ether oxygens (including phenoxy) is 1. The van der Waals surface area contributed by atoms with Crippen molar-refractivity contribution in [1.82, 2.24) is 5.32 Å². The SMILES string of the molecule is CCOC(=O)[C@@H](C)OP(CCNC)Oc1ccccc1. The maximum atomic E-state index is 11.6. The molecule has 1 aromatic rings. The van der Waals surface area contributed by atoms with E-state index in [0.717, 1.165) is 12.3 Å². The van der Waals surface area contributed by atoms with Gasteiger partial charge in [-0.3, -0.25) is 0 Å². The summed E-state index contributed by atoms with van der Waals surface area (Å²) >= 11 is 0. The molecule has 0 saturated carbocycles. The second-order valence-corrected chi connectivity index (χ2v) is 5.57. The fraction of sp³-hybridized carbons (Fsp3) is 0.500. The van der Waals surface area contributed by atoms with Crippen molar-refractivity contribution in [3.63, 3.8) is 0 Å². The Hall–Kier alpha value is -1.16. The zero-order valence-electron chi connectivity index (χ0n) is 12.2. The average Bonchev–Trinajstić information content (AvgIpc) is 2.46. The van der Waals surface area contributed by atoms with Crippen LogP contribution in [0.1, 0.15) is 13.8 Å². The second kappa shape index (κ2) is 9.70. The van der Waals surface area contributed by atoms with E-state index in [2.05, 4.69) is 5.32 Å². The molecule has 0 fully saturated rings. The van der Waals surface area contributed by atoms with Crippen LogP contribution < -0.4 is 9.84 Å². The third-order valence-corrected chi connectivity index (χ3v) is 3.94. The van der Waals surface area contributed by atoms with E-state index < -0.39 is 14.5 Å². The zero-order chi connectivity index (χ0) is 14.8. The number of rotatable bonds is 9. The molecule has 0 aromatic heterocycles. The van der Waals surface area contributed by atoms with Crippen molar-refractivity contribution in [2.45, 2.75) is 20.0 Å². The Morgan fingerprint density at radius 3 is 2.65 bits per heavy atom. The van der Waals surface area contributed by atoms with Crippen LogP contribution in [0.5, 0.6) is 5.75 Å². The van der Waals surface area contributed by atoms with Gasteiger partial charge in [0.15, 0.2) is 6.10 Å². The molecule has 5 nitrogen and oxygen atoms in total. The lowest BCUT2D eigenvalue weighted by Gasteiger charge is -2.21. The molecule has 0 radical (unpaired) electrons. The number of nitrogens with one attached hydrogen (secondary N) is 1. The molecule has 20 heavy (non-hydrogen) atoms. The van der Waals surface area contributed by atoms with E-state index in [0.29, 0.717) is 12.8 Å². The molecule has 0 saturated heterocycles. The van der Waals surface area contributed by atoms with Gasteiger partial charge in [-0.1, -0.05) is 18.2 Å². The highest BCUT2D eigenvalue weighted by atomic mass is 31.2. The van der Waals surface area contributed by atoms with Gasteiger partial charge in [-0.25, -0.2) is 4.79 Å². The Morgan fingerprint density at radius 1 is 1.35 bits per heavy atom. The van der Waals surface area contributed by atoms with Gasteiger partial charge in [-0.15, -0.1) is 0 Å². The van der Waals surface area contributed by atoms with Crippen molar-refractivity contribution in [2.75, 3.05) is 26.4 Å². The lowest BCUT2D eigenvalue weighted by molar-refractivity contribution is -0.150. The summed E-state index contributed by atoms with van der Waals surface area (Å²) in [5.41, 5.74) is 0. The van der Waals surface area contributed by atoms with E-state index in [1.807, 2.05) is 37.4 Å². The van der Waals surface area contributed by atoms with Gasteiger partial charge >= 0.3 is 5.97 Å². The molecule has 0 heterocycles. The standard InChI is InChI=1S/C14H22NO4P/c1-4-17-14(16)12(2)18-20(11-10-15-3)19-13-8-6-5-7-9-13/h5-9,12,15H,4,10-11H2,1-3H3/t12-,20?/m1/s1. The summed E-state index contributed by atoms with van der Waals surface area (Å²) in [6.07, 6.45) is 0.0754. The van der Waals surface area contributed by atoms with E-state index in [4.69, 9.17) is 13.8 Å². The van der Waals surface area contributed by atoms with Gasteiger partial charge < -0.3 is 19.1 Å². The molecule has 0 aliphatic rings. The van der Waals surface area contributed by atoms with Crippen molar-refractivity contribution in [2.24, 2.45) is 0 Å². The Morgan fingerprint density at radius 2 is 2.05 bits per heavy atom. The van der Waals surface area contributed by atoms with Crippen LogP contribution in [0.4, 0.5) is 0 Å². The average molecular weight is 299 g/mol. The van der Waals surface area contributed by atoms with Gasteiger partial charge in [0.2, 0.25) is 8.38 Å². The van der Waals surface area contributed by atoms with Crippen molar-refractivity contribution < 1.29 is 18.6 Å². The van der Waals surface area contributed by atoms with Crippen LogP contribution in [-0.2, 0) is 14.1 Å². The van der Waals surface area contributed by atoms with Crippen LogP contribution in [0, 0.1) is 0 Å². The maximum Gasteiger partial charge on any atom is 0.335 e. The number of carbonyl (C=O) groups is 1. The lowest BCUT2D eigenvalue weighted by atomic mass is 10.3. The molecule has 1 unspecified atom stereocenters. The van der Waals surface area contributed by atoms with Gasteiger partial charge in [0.25, 0.3) is 0 Å². The smallest absolute Gasteiger partial charge is 0.335 e. The van der Waals surface area contributed by atoms with Crippen LogP contribution in [0.3, 0.4) is 0 Å².